The largest absolute Gasteiger partial charge is 0.388 e. The van der Waals surface area contributed by atoms with Crippen molar-refractivity contribution in [2.24, 2.45) is 17.8 Å². The van der Waals surface area contributed by atoms with Gasteiger partial charge < -0.3 is 5.11 Å². The van der Waals surface area contributed by atoms with Gasteiger partial charge in [0.25, 0.3) is 0 Å². The summed E-state index contributed by atoms with van der Waals surface area (Å²) < 4.78 is 13.2. The van der Waals surface area contributed by atoms with Crippen LogP contribution in [-0.2, 0) is 0 Å². The van der Waals surface area contributed by atoms with Gasteiger partial charge in [-0.05, 0) is 43.1 Å². The minimum atomic E-state index is -0.550. The summed E-state index contributed by atoms with van der Waals surface area (Å²) in [7, 11) is 0. The molecule has 1 N–H and O–H groups in total. The molecule has 2 fully saturated rings. The molecule has 104 valence electrons. The van der Waals surface area contributed by atoms with E-state index in [-0.39, 0.29) is 11.7 Å². The molecule has 4 atom stereocenters. The third-order valence-electron chi connectivity index (χ3n) is 5.09. The van der Waals surface area contributed by atoms with Crippen LogP contribution >= 0.6 is 0 Å². The Hall–Kier alpha value is -0.960. The molecule has 0 spiro atoms. The Balaban J connectivity index is 1.69. The van der Waals surface area contributed by atoms with Gasteiger partial charge in [-0.1, -0.05) is 25.7 Å². The van der Waals surface area contributed by atoms with Gasteiger partial charge in [0.05, 0.1) is 12.3 Å². The van der Waals surface area contributed by atoms with Gasteiger partial charge >= 0.3 is 0 Å². The molecule has 0 radical (unpaired) electrons. The van der Waals surface area contributed by atoms with E-state index >= 15 is 0 Å². The lowest BCUT2D eigenvalue weighted by Gasteiger charge is -2.40. The summed E-state index contributed by atoms with van der Waals surface area (Å²) >= 11 is 0. The van der Waals surface area contributed by atoms with Gasteiger partial charge in [-0.15, -0.1) is 0 Å². The molecule has 2 aliphatic rings. The third kappa shape index (κ3) is 2.81. The maximum Gasteiger partial charge on any atom is 0.141 e. The highest BCUT2D eigenvalue weighted by atomic mass is 19.1. The zero-order valence-corrected chi connectivity index (χ0v) is 11.3. The van der Waals surface area contributed by atoms with Crippen LogP contribution in [0.15, 0.2) is 18.5 Å². The molecular formula is C16H22FNO. The summed E-state index contributed by atoms with van der Waals surface area (Å²) in [6, 6.07) is 1.42. The molecule has 0 aliphatic heterocycles. The summed E-state index contributed by atoms with van der Waals surface area (Å²) in [4.78, 5) is 3.85. The Kier molecular flexibility index (Phi) is 3.83. The van der Waals surface area contributed by atoms with E-state index in [1.165, 1.54) is 44.4 Å². The molecule has 0 bridgehead atoms. The fraction of sp³-hybridized carbons (Fsp3) is 0.688. The number of hydrogen-bond acceptors (Lipinski definition) is 2. The van der Waals surface area contributed by atoms with Gasteiger partial charge in [0, 0.05) is 11.8 Å². The van der Waals surface area contributed by atoms with E-state index in [1.54, 1.807) is 6.20 Å². The molecule has 2 aliphatic carbocycles. The van der Waals surface area contributed by atoms with Crippen LogP contribution in [0.4, 0.5) is 4.39 Å². The van der Waals surface area contributed by atoms with Gasteiger partial charge in [0.2, 0.25) is 0 Å². The lowest BCUT2D eigenvalue weighted by Crippen LogP contribution is -2.30. The summed E-state index contributed by atoms with van der Waals surface area (Å²) in [5, 5.41) is 10.5. The number of rotatable bonds is 2. The average Bonchev–Trinajstić information content (AvgIpc) is 2.46. The van der Waals surface area contributed by atoms with Crippen LogP contribution in [-0.4, -0.2) is 10.1 Å². The van der Waals surface area contributed by atoms with Gasteiger partial charge in [0.15, 0.2) is 0 Å². The predicted octanol–water partition coefficient (Wildman–Crippen LogP) is 3.86. The lowest BCUT2D eigenvalue weighted by atomic mass is 9.66. The van der Waals surface area contributed by atoms with Crippen LogP contribution in [0.5, 0.6) is 0 Å². The van der Waals surface area contributed by atoms with Crippen LogP contribution in [0.25, 0.3) is 0 Å². The molecule has 0 aromatic carbocycles. The van der Waals surface area contributed by atoms with Crippen molar-refractivity contribution in [1.29, 1.82) is 0 Å². The minimum absolute atomic E-state index is 0.281. The molecule has 3 rings (SSSR count). The van der Waals surface area contributed by atoms with E-state index < -0.39 is 6.10 Å². The normalized spacial score (nSPS) is 32.6. The Morgan fingerprint density at radius 3 is 2.68 bits per heavy atom. The first-order chi connectivity index (χ1) is 9.24. The van der Waals surface area contributed by atoms with Crippen molar-refractivity contribution in [2.45, 2.75) is 51.0 Å². The maximum atomic E-state index is 13.2. The van der Waals surface area contributed by atoms with E-state index in [4.69, 9.17) is 0 Å². The highest BCUT2D eigenvalue weighted by molar-refractivity contribution is 5.14. The fourth-order valence-corrected chi connectivity index (χ4v) is 4.06. The average molecular weight is 263 g/mol. The molecule has 2 saturated carbocycles. The first-order valence-corrected chi connectivity index (χ1v) is 7.52. The standard InChI is InChI=1S/C16H22FNO/c17-15-8-14(9-18-10-15)16(19)13-6-5-11-3-1-2-4-12(11)7-13/h8-13,16,19H,1-7H2. The van der Waals surface area contributed by atoms with E-state index in [0.717, 1.165) is 24.7 Å². The smallest absolute Gasteiger partial charge is 0.141 e. The van der Waals surface area contributed by atoms with Crippen LogP contribution < -0.4 is 0 Å². The SMILES string of the molecule is OC(c1cncc(F)c1)C1CCC2CCCCC2C1. The van der Waals surface area contributed by atoms with Gasteiger partial charge in [0.1, 0.15) is 5.82 Å². The van der Waals surface area contributed by atoms with Gasteiger partial charge in [-0.2, -0.15) is 0 Å². The summed E-state index contributed by atoms with van der Waals surface area (Å²) in [5.41, 5.74) is 0.638. The van der Waals surface area contributed by atoms with Crippen LogP contribution in [0.1, 0.15) is 56.6 Å². The molecule has 3 heteroatoms. The summed E-state index contributed by atoms with van der Waals surface area (Å²) in [5.74, 6) is 1.58. The number of aliphatic hydroxyl groups excluding tert-OH is 1. The van der Waals surface area contributed by atoms with Gasteiger partial charge in [-0.25, -0.2) is 4.39 Å². The fourth-order valence-electron chi connectivity index (χ4n) is 4.06. The predicted molar refractivity (Wildman–Crippen MR) is 71.9 cm³/mol. The van der Waals surface area contributed by atoms with Crippen molar-refractivity contribution < 1.29 is 9.50 Å². The van der Waals surface area contributed by atoms with Crippen molar-refractivity contribution in [3.63, 3.8) is 0 Å². The minimum Gasteiger partial charge on any atom is -0.388 e. The second-order valence-corrected chi connectivity index (χ2v) is 6.26. The second kappa shape index (κ2) is 5.58. The summed E-state index contributed by atoms with van der Waals surface area (Å²) in [6.45, 7) is 0. The Labute approximate surface area is 114 Å². The molecule has 4 unspecified atom stereocenters. The van der Waals surface area contributed by atoms with E-state index in [1.807, 2.05) is 0 Å². The van der Waals surface area contributed by atoms with E-state index in [9.17, 15) is 9.50 Å². The first kappa shape index (κ1) is 13.0. The number of aliphatic hydroxyl groups is 1. The van der Waals surface area contributed by atoms with E-state index in [0.29, 0.717) is 5.56 Å². The molecule has 0 amide bonds. The van der Waals surface area contributed by atoms with Crippen molar-refractivity contribution in [2.75, 3.05) is 0 Å². The Morgan fingerprint density at radius 1 is 1.11 bits per heavy atom. The molecule has 1 heterocycles. The molecule has 2 nitrogen and oxygen atoms in total. The van der Waals surface area contributed by atoms with Crippen molar-refractivity contribution in [1.82, 2.24) is 4.98 Å². The lowest BCUT2D eigenvalue weighted by molar-refractivity contribution is 0.0346. The number of halogens is 1. The first-order valence-electron chi connectivity index (χ1n) is 7.52. The molecular weight excluding hydrogens is 241 g/mol. The number of hydrogen-bond donors (Lipinski definition) is 1. The zero-order chi connectivity index (χ0) is 13.2. The quantitative estimate of drug-likeness (QED) is 0.879. The Morgan fingerprint density at radius 2 is 1.89 bits per heavy atom. The van der Waals surface area contributed by atoms with Crippen LogP contribution in [0.2, 0.25) is 0 Å². The van der Waals surface area contributed by atoms with Gasteiger partial charge in [-0.3, -0.25) is 4.98 Å². The number of aromatic nitrogens is 1. The molecule has 1 aromatic heterocycles. The highest BCUT2D eigenvalue weighted by Gasteiger charge is 2.35. The van der Waals surface area contributed by atoms with Crippen LogP contribution in [0.3, 0.4) is 0 Å². The van der Waals surface area contributed by atoms with E-state index in [2.05, 4.69) is 4.98 Å². The number of fused-ring (bicyclic) bond motifs is 1. The molecule has 1 aromatic rings. The molecule has 0 saturated heterocycles. The van der Waals surface area contributed by atoms with Crippen molar-refractivity contribution in [3.8, 4) is 0 Å². The zero-order valence-electron chi connectivity index (χ0n) is 11.3. The number of nitrogens with zero attached hydrogens (tertiary/aromatic N) is 1. The third-order valence-corrected chi connectivity index (χ3v) is 5.09. The Bertz CT molecular complexity index is 437. The topological polar surface area (TPSA) is 33.1 Å². The van der Waals surface area contributed by atoms with Crippen molar-refractivity contribution in [3.05, 3.63) is 29.8 Å². The monoisotopic (exact) mass is 263 g/mol. The summed E-state index contributed by atoms with van der Waals surface area (Å²) in [6.07, 6.45) is 11.0. The second-order valence-electron chi connectivity index (χ2n) is 6.26. The maximum absolute atomic E-state index is 13.2. The highest BCUT2D eigenvalue weighted by Crippen LogP contribution is 2.46. The molecule has 19 heavy (non-hydrogen) atoms. The number of pyridine rings is 1. The van der Waals surface area contributed by atoms with Crippen molar-refractivity contribution >= 4 is 0 Å². The van der Waals surface area contributed by atoms with Crippen LogP contribution in [0, 0.1) is 23.6 Å².